The zero-order valence-corrected chi connectivity index (χ0v) is 10.9. The van der Waals surface area contributed by atoms with Gasteiger partial charge in [-0.05, 0) is 32.2 Å². The average molecular weight is 263 g/mol. The van der Waals surface area contributed by atoms with Gasteiger partial charge >= 0.3 is 0 Å². The number of aryl methyl sites for hydroxylation is 1. The summed E-state index contributed by atoms with van der Waals surface area (Å²) in [5, 5.41) is 0. The Labute approximate surface area is 106 Å². The lowest BCUT2D eigenvalue weighted by molar-refractivity contribution is 0.588. The minimum atomic E-state index is -3.44. The summed E-state index contributed by atoms with van der Waals surface area (Å²) >= 11 is 0. The van der Waals surface area contributed by atoms with E-state index in [1.807, 2.05) is 6.92 Å². The second-order valence-electron chi connectivity index (χ2n) is 3.76. The highest BCUT2D eigenvalue weighted by Crippen LogP contribution is 2.18. The highest BCUT2D eigenvalue weighted by Gasteiger charge is 2.12. The molecule has 0 aliphatic heterocycles. The van der Waals surface area contributed by atoms with Crippen LogP contribution in [0.25, 0.3) is 11.4 Å². The average Bonchev–Trinajstić information content (AvgIpc) is 2.39. The Bertz CT molecular complexity index is 669. The lowest BCUT2D eigenvalue weighted by Gasteiger charge is -2.05. The quantitative estimate of drug-likeness (QED) is 0.907. The molecule has 0 amide bonds. The number of rotatable bonds is 3. The van der Waals surface area contributed by atoms with Gasteiger partial charge in [-0.2, -0.15) is 0 Å². The zero-order valence-electron chi connectivity index (χ0n) is 10.1. The summed E-state index contributed by atoms with van der Waals surface area (Å²) in [5.74, 6) is 0.517. The Hall–Kier alpha value is -1.79. The van der Waals surface area contributed by atoms with Crippen LogP contribution in [0.15, 0.2) is 41.4 Å². The Morgan fingerprint density at radius 2 is 2.00 bits per heavy atom. The molecule has 2 aromatic rings. The molecule has 0 unspecified atom stereocenters. The second-order valence-corrected chi connectivity index (χ2v) is 5.64. The third kappa shape index (κ3) is 2.55. The standard InChI is InChI=1S/C12H13N3O2S/c1-9-6-7-14-12(15-9)10-4-3-5-11(8-10)18(16,17)13-2/h3-8,13H,1-2H3. The van der Waals surface area contributed by atoms with Gasteiger partial charge in [0.05, 0.1) is 4.90 Å². The summed E-state index contributed by atoms with van der Waals surface area (Å²) in [7, 11) is -2.06. The molecule has 1 aromatic carbocycles. The summed E-state index contributed by atoms with van der Waals surface area (Å²) in [6.07, 6.45) is 1.65. The fraction of sp³-hybridized carbons (Fsp3) is 0.167. The summed E-state index contributed by atoms with van der Waals surface area (Å²) in [6.45, 7) is 1.86. The monoisotopic (exact) mass is 263 g/mol. The van der Waals surface area contributed by atoms with Crippen molar-refractivity contribution in [1.82, 2.24) is 14.7 Å². The van der Waals surface area contributed by atoms with Gasteiger partial charge in [-0.25, -0.2) is 23.1 Å². The highest BCUT2D eigenvalue weighted by atomic mass is 32.2. The van der Waals surface area contributed by atoms with E-state index in [4.69, 9.17) is 0 Å². The van der Waals surface area contributed by atoms with Crippen molar-refractivity contribution < 1.29 is 8.42 Å². The van der Waals surface area contributed by atoms with Crippen LogP contribution in [0, 0.1) is 6.92 Å². The lowest BCUT2D eigenvalue weighted by Crippen LogP contribution is -2.18. The highest BCUT2D eigenvalue weighted by molar-refractivity contribution is 7.89. The molecule has 5 nitrogen and oxygen atoms in total. The topological polar surface area (TPSA) is 72.0 Å². The van der Waals surface area contributed by atoms with Crippen molar-refractivity contribution >= 4 is 10.0 Å². The summed E-state index contributed by atoms with van der Waals surface area (Å²) < 4.78 is 25.7. The predicted molar refractivity (Wildman–Crippen MR) is 68.5 cm³/mol. The van der Waals surface area contributed by atoms with E-state index in [-0.39, 0.29) is 4.90 Å². The van der Waals surface area contributed by atoms with Crippen molar-refractivity contribution in [3.05, 3.63) is 42.2 Å². The largest absolute Gasteiger partial charge is 0.240 e. The van der Waals surface area contributed by atoms with Crippen molar-refractivity contribution in [3.63, 3.8) is 0 Å². The molecule has 6 heteroatoms. The van der Waals surface area contributed by atoms with Crippen LogP contribution in [-0.4, -0.2) is 25.4 Å². The van der Waals surface area contributed by atoms with Crippen molar-refractivity contribution in [1.29, 1.82) is 0 Å². The maximum absolute atomic E-state index is 11.7. The zero-order chi connectivity index (χ0) is 13.2. The number of nitrogens with zero attached hydrogens (tertiary/aromatic N) is 2. The van der Waals surface area contributed by atoms with Gasteiger partial charge in [0.2, 0.25) is 10.0 Å². The number of aromatic nitrogens is 2. The van der Waals surface area contributed by atoms with Gasteiger partial charge in [0, 0.05) is 17.5 Å². The smallest absolute Gasteiger partial charge is 0.237 e. The third-order valence-corrected chi connectivity index (χ3v) is 3.88. The Morgan fingerprint density at radius 3 is 2.67 bits per heavy atom. The minimum absolute atomic E-state index is 0.201. The van der Waals surface area contributed by atoms with Crippen LogP contribution in [0.1, 0.15) is 5.69 Å². The number of benzene rings is 1. The Kier molecular flexibility index (Phi) is 3.40. The molecule has 0 bridgehead atoms. The first-order valence-corrected chi connectivity index (χ1v) is 6.85. The van der Waals surface area contributed by atoms with Gasteiger partial charge in [0.15, 0.2) is 5.82 Å². The molecule has 94 valence electrons. The summed E-state index contributed by atoms with van der Waals surface area (Å²) in [4.78, 5) is 8.60. The lowest BCUT2D eigenvalue weighted by atomic mass is 10.2. The molecular weight excluding hydrogens is 250 g/mol. The normalized spacial score (nSPS) is 11.4. The van der Waals surface area contributed by atoms with E-state index >= 15 is 0 Å². The van der Waals surface area contributed by atoms with Crippen LogP contribution in [0.5, 0.6) is 0 Å². The van der Waals surface area contributed by atoms with E-state index < -0.39 is 10.0 Å². The van der Waals surface area contributed by atoms with E-state index in [2.05, 4.69) is 14.7 Å². The van der Waals surface area contributed by atoms with Crippen LogP contribution in [0.3, 0.4) is 0 Å². The van der Waals surface area contributed by atoms with Gasteiger partial charge in [-0.1, -0.05) is 12.1 Å². The maximum Gasteiger partial charge on any atom is 0.240 e. The fourth-order valence-corrected chi connectivity index (χ4v) is 2.28. The molecule has 0 aliphatic rings. The van der Waals surface area contributed by atoms with E-state index in [0.717, 1.165) is 5.69 Å². The predicted octanol–water partition coefficient (Wildman–Crippen LogP) is 1.36. The summed E-state index contributed by atoms with van der Waals surface area (Å²) in [6, 6.07) is 8.33. The number of hydrogen-bond donors (Lipinski definition) is 1. The van der Waals surface area contributed by atoms with Gasteiger partial charge in [0.1, 0.15) is 0 Å². The first kappa shape index (κ1) is 12.7. The van der Waals surface area contributed by atoms with Crippen molar-refractivity contribution in [2.75, 3.05) is 7.05 Å². The number of sulfonamides is 1. The van der Waals surface area contributed by atoms with Gasteiger partial charge < -0.3 is 0 Å². The molecule has 1 N–H and O–H groups in total. The van der Waals surface area contributed by atoms with Crippen LogP contribution in [0.4, 0.5) is 0 Å². The van der Waals surface area contributed by atoms with Crippen LogP contribution in [-0.2, 0) is 10.0 Å². The SMILES string of the molecule is CNS(=O)(=O)c1cccc(-c2nccc(C)n2)c1. The third-order valence-electron chi connectivity index (χ3n) is 2.47. The molecule has 0 spiro atoms. The molecular formula is C12H13N3O2S. The van der Waals surface area contributed by atoms with Crippen LogP contribution in [0.2, 0.25) is 0 Å². The van der Waals surface area contributed by atoms with Gasteiger partial charge in [-0.3, -0.25) is 0 Å². The van der Waals surface area contributed by atoms with Gasteiger partial charge in [0.25, 0.3) is 0 Å². The molecule has 1 heterocycles. The van der Waals surface area contributed by atoms with E-state index in [0.29, 0.717) is 11.4 Å². The first-order valence-electron chi connectivity index (χ1n) is 5.36. The van der Waals surface area contributed by atoms with E-state index in [9.17, 15) is 8.42 Å². The van der Waals surface area contributed by atoms with Crippen molar-refractivity contribution in [3.8, 4) is 11.4 Å². The molecule has 18 heavy (non-hydrogen) atoms. The molecule has 0 saturated heterocycles. The minimum Gasteiger partial charge on any atom is -0.237 e. The maximum atomic E-state index is 11.7. The molecule has 0 saturated carbocycles. The molecule has 0 aliphatic carbocycles. The van der Waals surface area contributed by atoms with Crippen LogP contribution >= 0.6 is 0 Å². The van der Waals surface area contributed by atoms with Crippen molar-refractivity contribution in [2.45, 2.75) is 11.8 Å². The molecule has 0 fully saturated rings. The number of hydrogen-bond acceptors (Lipinski definition) is 4. The molecule has 1 aromatic heterocycles. The first-order chi connectivity index (χ1) is 8.53. The van der Waals surface area contributed by atoms with E-state index in [1.54, 1.807) is 30.5 Å². The van der Waals surface area contributed by atoms with Gasteiger partial charge in [-0.15, -0.1) is 0 Å². The number of nitrogens with one attached hydrogen (secondary N) is 1. The molecule has 0 radical (unpaired) electrons. The summed E-state index contributed by atoms with van der Waals surface area (Å²) in [5.41, 5.74) is 1.51. The Morgan fingerprint density at radius 1 is 1.22 bits per heavy atom. The fourth-order valence-electron chi connectivity index (χ4n) is 1.51. The van der Waals surface area contributed by atoms with E-state index in [1.165, 1.54) is 13.1 Å². The van der Waals surface area contributed by atoms with Crippen molar-refractivity contribution in [2.24, 2.45) is 0 Å². The molecule has 0 atom stereocenters. The Balaban J connectivity index is 2.52. The van der Waals surface area contributed by atoms with Crippen LogP contribution < -0.4 is 4.72 Å². The molecule has 2 rings (SSSR count). The second kappa shape index (κ2) is 4.83.